The van der Waals surface area contributed by atoms with E-state index in [-0.39, 0.29) is 5.75 Å². The first-order chi connectivity index (χ1) is 9.49. The summed E-state index contributed by atoms with van der Waals surface area (Å²) in [6.45, 7) is 4.22. The third kappa shape index (κ3) is 2.22. The predicted molar refractivity (Wildman–Crippen MR) is 78.1 cm³/mol. The van der Waals surface area contributed by atoms with Crippen molar-refractivity contribution >= 4 is 21.0 Å². The van der Waals surface area contributed by atoms with E-state index in [1.54, 1.807) is 6.20 Å². The molecule has 20 heavy (non-hydrogen) atoms. The third-order valence-corrected chi connectivity index (χ3v) is 5.83. The van der Waals surface area contributed by atoms with E-state index in [1.165, 1.54) is 0 Å². The van der Waals surface area contributed by atoms with Gasteiger partial charge in [0.25, 0.3) is 0 Å². The Bertz CT molecular complexity index is 734. The lowest BCUT2D eigenvalue weighted by Gasteiger charge is -2.16. The monoisotopic (exact) mass is 293 g/mol. The minimum Gasteiger partial charge on any atom is -0.295 e. The number of hydrogen-bond donors (Lipinski definition) is 0. The Morgan fingerprint density at radius 2 is 2.25 bits per heavy atom. The Morgan fingerprint density at radius 3 is 2.90 bits per heavy atom. The number of fused-ring (bicyclic) bond motifs is 1. The van der Waals surface area contributed by atoms with Crippen LogP contribution in [0.15, 0.2) is 18.3 Å². The van der Waals surface area contributed by atoms with E-state index in [9.17, 15) is 8.42 Å². The molecule has 5 nitrogen and oxygen atoms in total. The van der Waals surface area contributed by atoms with E-state index in [2.05, 4.69) is 23.8 Å². The first-order valence-corrected chi connectivity index (χ1v) is 8.74. The van der Waals surface area contributed by atoms with Gasteiger partial charge in [0, 0.05) is 12.6 Å². The molecule has 0 aromatic carbocycles. The highest BCUT2D eigenvalue weighted by Gasteiger charge is 2.35. The van der Waals surface area contributed by atoms with Crippen LogP contribution in [0.2, 0.25) is 0 Å². The molecule has 0 aliphatic carbocycles. The van der Waals surface area contributed by atoms with Crippen LogP contribution in [0.1, 0.15) is 37.9 Å². The first-order valence-electron chi connectivity index (χ1n) is 7.02. The van der Waals surface area contributed by atoms with Crippen LogP contribution in [0.4, 0.5) is 0 Å². The van der Waals surface area contributed by atoms with Gasteiger partial charge in [-0.05, 0) is 30.9 Å². The number of imidazole rings is 1. The van der Waals surface area contributed by atoms with Gasteiger partial charge < -0.3 is 0 Å². The molecule has 0 N–H and O–H groups in total. The highest BCUT2D eigenvalue weighted by atomic mass is 32.2. The van der Waals surface area contributed by atoms with Gasteiger partial charge in [0.15, 0.2) is 15.5 Å². The zero-order valence-electron chi connectivity index (χ0n) is 11.8. The van der Waals surface area contributed by atoms with Gasteiger partial charge in [-0.15, -0.1) is 0 Å². The number of aromatic nitrogens is 3. The standard InChI is InChI=1S/C14H19N3O2S/c1-10(2)9-12-16-11-5-3-7-15-14(11)17(12)13-6-4-8-20(13,18)19/h3,5,7,10,13H,4,6,8-9H2,1-2H3. The van der Waals surface area contributed by atoms with Crippen LogP contribution in [-0.2, 0) is 16.3 Å². The van der Waals surface area contributed by atoms with Gasteiger partial charge in [0.1, 0.15) is 16.7 Å². The number of rotatable bonds is 3. The number of sulfone groups is 1. The second kappa shape index (κ2) is 4.84. The summed E-state index contributed by atoms with van der Waals surface area (Å²) >= 11 is 0. The quantitative estimate of drug-likeness (QED) is 0.871. The lowest BCUT2D eigenvalue weighted by atomic mass is 10.1. The van der Waals surface area contributed by atoms with Crippen LogP contribution in [0.5, 0.6) is 0 Å². The van der Waals surface area contributed by atoms with Crippen LogP contribution in [0, 0.1) is 5.92 Å². The maximum Gasteiger partial charge on any atom is 0.171 e. The molecule has 6 heteroatoms. The lowest BCUT2D eigenvalue weighted by molar-refractivity contribution is 0.531. The Kier molecular flexibility index (Phi) is 3.28. The van der Waals surface area contributed by atoms with Crippen LogP contribution >= 0.6 is 0 Å². The Balaban J connectivity index is 2.21. The summed E-state index contributed by atoms with van der Waals surface area (Å²) in [5.74, 6) is 1.53. The molecule has 0 amide bonds. The molecule has 0 spiro atoms. The highest BCUT2D eigenvalue weighted by molar-refractivity contribution is 7.91. The zero-order valence-corrected chi connectivity index (χ0v) is 12.6. The molecule has 0 bridgehead atoms. The van der Waals surface area contributed by atoms with Gasteiger partial charge >= 0.3 is 0 Å². The second-order valence-corrected chi connectivity index (χ2v) is 8.08. The van der Waals surface area contributed by atoms with E-state index in [0.29, 0.717) is 18.0 Å². The van der Waals surface area contributed by atoms with Gasteiger partial charge in [-0.3, -0.25) is 4.57 Å². The van der Waals surface area contributed by atoms with Crippen molar-refractivity contribution in [1.29, 1.82) is 0 Å². The van der Waals surface area contributed by atoms with Crippen molar-refractivity contribution in [3.8, 4) is 0 Å². The summed E-state index contributed by atoms with van der Waals surface area (Å²) in [7, 11) is -3.08. The molecule has 1 fully saturated rings. The maximum absolute atomic E-state index is 12.3. The average Bonchev–Trinajstić information content (AvgIpc) is 2.87. The van der Waals surface area contributed by atoms with Gasteiger partial charge in [0.2, 0.25) is 0 Å². The van der Waals surface area contributed by atoms with E-state index in [4.69, 9.17) is 0 Å². The van der Waals surface area contributed by atoms with Crippen molar-refractivity contribution in [3.05, 3.63) is 24.2 Å². The molecule has 1 aliphatic rings. The molecule has 1 atom stereocenters. The van der Waals surface area contributed by atoms with Crippen LogP contribution in [0.25, 0.3) is 11.2 Å². The Hall–Kier alpha value is -1.43. The van der Waals surface area contributed by atoms with Crippen molar-refractivity contribution < 1.29 is 8.42 Å². The molecule has 108 valence electrons. The first kappa shape index (κ1) is 13.5. The molecule has 0 radical (unpaired) electrons. The molecule has 1 saturated heterocycles. The maximum atomic E-state index is 12.3. The highest BCUT2D eigenvalue weighted by Crippen LogP contribution is 2.34. The fraction of sp³-hybridized carbons (Fsp3) is 0.571. The molecular formula is C14H19N3O2S. The van der Waals surface area contributed by atoms with E-state index in [0.717, 1.165) is 24.2 Å². The zero-order chi connectivity index (χ0) is 14.3. The summed E-state index contributed by atoms with van der Waals surface area (Å²) in [6.07, 6.45) is 3.85. The van der Waals surface area contributed by atoms with E-state index < -0.39 is 15.2 Å². The largest absolute Gasteiger partial charge is 0.295 e. The SMILES string of the molecule is CC(C)Cc1nc2cccnc2n1C1CCCS1(=O)=O. The summed E-state index contributed by atoms with van der Waals surface area (Å²) in [4.78, 5) is 8.95. The number of hydrogen-bond acceptors (Lipinski definition) is 4. The van der Waals surface area contributed by atoms with Crippen LogP contribution < -0.4 is 0 Å². The molecule has 3 heterocycles. The fourth-order valence-electron chi connectivity index (χ4n) is 2.85. The molecule has 2 aromatic rings. The van der Waals surface area contributed by atoms with Crippen molar-refractivity contribution in [1.82, 2.24) is 14.5 Å². The molecule has 2 aromatic heterocycles. The van der Waals surface area contributed by atoms with Crippen molar-refractivity contribution in [2.45, 2.75) is 38.5 Å². The Morgan fingerprint density at radius 1 is 1.45 bits per heavy atom. The van der Waals surface area contributed by atoms with Crippen molar-refractivity contribution in [3.63, 3.8) is 0 Å². The van der Waals surface area contributed by atoms with Crippen molar-refractivity contribution in [2.24, 2.45) is 5.92 Å². The number of pyridine rings is 1. The van der Waals surface area contributed by atoms with Crippen LogP contribution in [-0.4, -0.2) is 28.7 Å². The van der Waals surface area contributed by atoms with Gasteiger partial charge in [-0.1, -0.05) is 13.8 Å². The van der Waals surface area contributed by atoms with Crippen molar-refractivity contribution in [2.75, 3.05) is 5.75 Å². The molecule has 1 unspecified atom stereocenters. The minimum absolute atomic E-state index is 0.269. The summed E-state index contributed by atoms with van der Waals surface area (Å²) in [6, 6.07) is 3.73. The fourth-order valence-corrected chi connectivity index (χ4v) is 4.76. The summed E-state index contributed by atoms with van der Waals surface area (Å²) < 4.78 is 26.4. The molecule has 1 aliphatic heterocycles. The third-order valence-electron chi connectivity index (χ3n) is 3.70. The predicted octanol–water partition coefficient (Wildman–Crippen LogP) is 2.34. The summed E-state index contributed by atoms with van der Waals surface area (Å²) in [5.41, 5.74) is 1.48. The molecular weight excluding hydrogens is 274 g/mol. The second-order valence-electron chi connectivity index (χ2n) is 5.81. The van der Waals surface area contributed by atoms with E-state index >= 15 is 0 Å². The smallest absolute Gasteiger partial charge is 0.171 e. The average molecular weight is 293 g/mol. The van der Waals surface area contributed by atoms with Gasteiger partial charge in [-0.25, -0.2) is 18.4 Å². The minimum atomic E-state index is -3.08. The van der Waals surface area contributed by atoms with E-state index in [1.807, 2.05) is 16.7 Å². The lowest BCUT2D eigenvalue weighted by Crippen LogP contribution is -2.19. The summed E-state index contributed by atoms with van der Waals surface area (Å²) in [5, 5.41) is -0.490. The number of nitrogens with zero attached hydrogens (tertiary/aromatic N) is 3. The van der Waals surface area contributed by atoms with Gasteiger partial charge in [0.05, 0.1) is 5.75 Å². The van der Waals surface area contributed by atoms with Gasteiger partial charge in [-0.2, -0.15) is 0 Å². The molecule has 0 saturated carbocycles. The molecule has 3 rings (SSSR count). The normalized spacial score (nSPS) is 21.9. The Labute approximate surface area is 119 Å². The topological polar surface area (TPSA) is 64.8 Å². The van der Waals surface area contributed by atoms with Crippen LogP contribution in [0.3, 0.4) is 0 Å².